The van der Waals surface area contributed by atoms with Crippen LogP contribution >= 0.6 is 0 Å². The fourth-order valence-corrected chi connectivity index (χ4v) is 1.81. The first kappa shape index (κ1) is 14.8. The van der Waals surface area contributed by atoms with Crippen molar-refractivity contribution in [2.45, 2.75) is 31.9 Å². The summed E-state index contributed by atoms with van der Waals surface area (Å²) in [5.41, 5.74) is 6.96. The summed E-state index contributed by atoms with van der Waals surface area (Å²) in [4.78, 5) is 0. The van der Waals surface area contributed by atoms with Gasteiger partial charge in [-0.1, -0.05) is 6.07 Å². The first-order valence-corrected chi connectivity index (χ1v) is 5.96. The van der Waals surface area contributed by atoms with E-state index in [-0.39, 0.29) is 11.6 Å². The predicted molar refractivity (Wildman–Crippen MR) is 72.2 cm³/mol. The second-order valence-electron chi connectivity index (χ2n) is 4.89. The van der Waals surface area contributed by atoms with Crippen LogP contribution in [0, 0.1) is 0 Å². The smallest absolute Gasteiger partial charge is 0.161 e. The summed E-state index contributed by atoms with van der Waals surface area (Å²) in [7, 11) is 4.93. The molecule has 1 aromatic carbocycles. The standard InChI is InChI=1S/C14H23NO3/c1-14(2,18-5)9-11(15)10-6-7-12(16-3)13(8-10)17-4/h6-8,11H,9,15H2,1-5H3. The normalized spacial score (nSPS) is 13.2. The van der Waals surface area contributed by atoms with E-state index in [4.69, 9.17) is 19.9 Å². The van der Waals surface area contributed by atoms with E-state index < -0.39 is 0 Å². The van der Waals surface area contributed by atoms with Crippen molar-refractivity contribution in [2.24, 2.45) is 5.73 Å². The summed E-state index contributed by atoms with van der Waals surface area (Å²) < 4.78 is 15.9. The molecule has 1 rings (SSSR count). The highest BCUT2D eigenvalue weighted by atomic mass is 16.5. The van der Waals surface area contributed by atoms with Gasteiger partial charge in [-0.05, 0) is 38.0 Å². The van der Waals surface area contributed by atoms with Crippen LogP contribution < -0.4 is 15.2 Å². The summed E-state index contributed by atoms with van der Waals surface area (Å²) in [6.07, 6.45) is 0.735. The van der Waals surface area contributed by atoms with Crippen LogP contribution in [0.1, 0.15) is 31.9 Å². The minimum absolute atomic E-state index is 0.0974. The van der Waals surface area contributed by atoms with E-state index in [9.17, 15) is 0 Å². The SMILES string of the molecule is COc1ccc(C(N)CC(C)(C)OC)cc1OC. The van der Waals surface area contributed by atoms with Gasteiger partial charge in [0.15, 0.2) is 11.5 Å². The van der Waals surface area contributed by atoms with E-state index >= 15 is 0 Å². The van der Waals surface area contributed by atoms with Crippen LogP contribution in [0.5, 0.6) is 11.5 Å². The molecule has 0 saturated heterocycles. The van der Waals surface area contributed by atoms with Crippen LogP contribution in [0.25, 0.3) is 0 Å². The Morgan fingerprint density at radius 1 is 1.11 bits per heavy atom. The molecule has 0 aromatic heterocycles. The Morgan fingerprint density at radius 3 is 2.22 bits per heavy atom. The molecule has 0 aliphatic rings. The Morgan fingerprint density at radius 2 is 1.72 bits per heavy atom. The molecular formula is C14H23NO3. The highest BCUT2D eigenvalue weighted by Gasteiger charge is 2.22. The van der Waals surface area contributed by atoms with Gasteiger partial charge in [-0.15, -0.1) is 0 Å². The quantitative estimate of drug-likeness (QED) is 0.846. The summed E-state index contributed by atoms with van der Waals surface area (Å²) in [5, 5.41) is 0. The second kappa shape index (κ2) is 6.07. The highest BCUT2D eigenvalue weighted by molar-refractivity contribution is 5.43. The predicted octanol–water partition coefficient (Wildman–Crippen LogP) is 2.52. The monoisotopic (exact) mass is 253 g/mol. The lowest BCUT2D eigenvalue weighted by molar-refractivity contribution is 0.00994. The molecule has 18 heavy (non-hydrogen) atoms. The number of rotatable bonds is 6. The Labute approximate surface area is 109 Å². The maximum Gasteiger partial charge on any atom is 0.161 e. The summed E-state index contributed by atoms with van der Waals surface area (Å²) in [6.45, 7) is 4.04. The molecule has 0 fully saturated rings. The lowest BCUT2D eigenvalue weighted by atomic mass is 9.94. The van der Waals surface area contributed by atoms with Crippen LogP contribution in [-0.4, -0.2) is 26.9 Å². The van der Waals surface area contributed by atoms with Crippen molar-refractivity contribution in [3.63, 3.8) is 0 Å². The fraction of sp³-hybridized carbons (Fsp3) is 0.571. The van der Waals surface area contributed by atoms with Gasteiger partial charge >= 0.3 is 0 Å². The minimum Gasteiger partial charge on any atom is -0.493 e. The Hall–Kier alpha value is -1.26. The average molecular weight is 253 g/mol. The van der Waals surface area contributed by atoms with Crippen LogP contribution in [0.15, 0.2) is 18.2 Å². The van der Waals surface area contributed by atoms with E-state index in [1.165, 1.54) is 0 Å². The summed E-state index contributed by atoms with van der Waals surface area (Å²) >= 11 is 0. The van der Waals surface area contributed by atoms with Crippen molar-refractivity contribution in [1.29, 1.82) is 0 Å². The van der Waals surface area contributed by atoms with E-state index in [0.29, 0.717) is 11.5 Å². The van der Waals surface area contributed by atoms with Crippen LogP contribution in [-0.2, 0) is 4.74 Å². The number of benzene rings is 1. The van der Waals surface area contributed by atoms with Gasteiger partial charge in [0.1, 0.15) is 0 Å². The van der Waals surface area contributed by atoms with Crippen molar-refractivity contribution in [3.05, 3.63) is 23.8 Å². The van der Waals surface area contributed by atoms with E-state index in [0.717, 1.165) is 12.0 Å². The van der Waals surface area contributed by atoms with Gasteiger partial charge in [-0.2, -0.15) is 0 Å². The molecule has 4 heteroatoms. The zero-order valence-corrected chi connectivity index (χ0v) is 11.8. The molecule has 0 heterocycles. The van der Waals surface area contributed by atoms with Gasteiger partial charge in [0, 0.05) is 13.2 Å². The Bertz CT molecular complexity index is 391. The van der Waals surface area contributed by atoms with Crippen LogP contribution in [0.4, 0.5) is 0 Å². The number of ether oxygens (including phenoxy) is 3. The van der Waals surface area contributed by atoms with Crippen molar-refractivity contribution >= 4 is 0 Å². The lowest BCUT2D eigenvalue weighted by Crippen LogP contribution is -2.28. The molecule has 0 aliphatic carbocycles. The van der Waals surface area contributed by atoms with Gasteiger partial charge in [0.25, 0.3) is 0 Å². The zero-order valence-electron chi connectivity index (χ0n) is 11.8. The van der Waals surface area contributed by atoms with Crippen molar-refractivity contribution < 1.29 is 14.2 Å². The molecule has 0 radical (unpaired) electrons. The molecule has 4 nitrogen and oxygen atoms in total. The lowest BCUT2D eigenvalue weighted by Gasteiger charge is -2.27. The summed E-state index contributed by atoms with van der Waals surface area (Å²) in [6, 6.07) is 5.64. The first-order chi connectivity index (χ1) is 8.43. The largest absolute Gasteiger partial charge is 0.493 e. The number of hydrogen-bond donors (Lipinski definition) is 1. The van der Waals surface area contributed by atoms with Crippen molar-refractivity contribution in [3.8, 4) is 11.5 Å². The molecule has 0 saturated carbocycles. The van der Waals surface area contributed by atoms with Gasteiger partial charge in [-0.25, -0.2) is 0 Å². The molecule has 1 aromatic rings. The molecule has 0 spiro atoms. The molecule has 0 aliphatic heterocycles. The molecule has 1 atom stereocenters. The molecule has 0 bridgehead atoms. The maximum absolute atomic E-state index is 6.20. The molecule has 1 unspecified atom stereocenters. The highest BCUT2D eigenvalue weighted by Crippen LogP contribution is 2.32. The molecule has 2 N–H and O–H groups in total. The third-order valence-corrected chi connectivity index (χ3v) is 3.10. The average Bonchev–Trinajstić information content (AvgIpc) is 2.37. The van der Waals surface area contributed by atoms with Crippen molar-refractivity contribution in [1.82, 2.24) is 0 Å². The molecular weight excluding hydrogens is 230 g/mol. The minimum atomic E-state index is -0.243. The van der Waals surface area contributed by atoms with Gasteiger partial charge in [-0.3, -0.25) is 0 Å². The van der Waals surface area contributed by atoms with Gasteiger partial charge in [0.2, 0.25) is 0 Å². The van der Waals surface area contributed by atoms with Gasteiger partial charge < -0.3 is 19.9 Å². The molecule has 0 amide bonds. The Balaban J connectivity index is 2.90. The Kier molecular flexibility index (Phi) is 4.99. The number of hydrogen-bond acceptors (Lipinski definition) is 4. The number of methoxy groups -OCH3 is 3. The second-order valence-corrected chi connectivity index (χ2v) is 4.89. The first-order valence-electron chi connectivity index (χ1n) is 5.96. The van der Waals surface area contributed by atoms with Crippen molar-refractivity contribution in [2.75, 3.05) is 21.3 Å². The van der Waals surface area contributed by atoms with E-state index in [2.05, 4.69) is 0 Å². The third kappa shape index (κ3) is 3.62. The summed E-state index contributed by atoms with van der Waals surface area (Å²) in [5.74, 6) is 1.40. The molecule has 102 valence electrons. The third-order valence-electron chi connectivity index (χ3n) is 3.10. The topological polar surface area (TPSA) is 53.7 Å². The number of nitrogens with two attached hydrogens (primary N) is 1. The van der Waals surface area contributed by atoms with Gasteiger partial charge in [0.05, 0.1) is 19.8 Å². The zero-order chi connectivity index (χ0) is 13.8. The maximum atomic E-state index is 6.20. The fourth-order valence-electron chi connectivity index (χ4n) is 1.81. The van der Waals surface area contributed by atoms with E-state index in [1.54, 1.807) is 21.3 Å². The van der Waals surface area contributed by atoms with E-state index in [1.807, 2.05) is 32.0 Å². The van der Waals surface area contributed by atoms with Crippen LogP contribution in [0.2, 0.25) is 0 Å². The van der Waals surface area contributed by atoms with Crippen LogP contribution in [0.3, 0.4) is 0 Å².